The summed E-state index contributed by atoms with van der Waals surface area (Å²) in [5.41, 5.74) is 0. The second kappa shape index (κ2) is 2.45. The largest absolute Gasteiger partial charge is 0.347 e. The first-order chi connectivity index (χ1) is 4.15. The molecule has 0 saturated carbocycles. The molecule has 0 heterocycles. The molecule has 0 aliphatic rings. The Hall–Kier alpha value is -0.190. The van der Waals surface area contributed by atoms with Crippen molar-refractivity contribution in [2.24, 2.45) is 0 Å². The Labute approximate surface area is 57.6 Å². The van der Waals surface area contributed by atoms with E-state index >= 15 is 0 Å². The van der Waals surface area contributed by atoms with Gasteiger partial charge in [0, 0.05) is 0 Å². The van der Waals surface area contributed by atoms with Crippen LogP contribution in [-0.2, 0) is 21.0 Å². The Morgan fingerprint density at radius 1 is 0.900 bits per heavy atom. The minimum atomic E-state index is -5.28. The molecule has 0 atom stereocenters. The van der Waals surface area contributed by atoms with Crippen molar-refractivity contribution in [2.75, 3.05) is 0 Å². The quantitative estimate of drug-likeness (QED) is 0.273. The fourth-order valence-corrected chi connectivity index (χ4v) is 1.53. The van der Waals surface area contributed by atoms with E-state index < -0.39 is 25.4 Å². The molecule has 7 nitrogen and oxygen atoms in total. The summed E-state index contributed by atoms with van der Waals surface area (Å²) in [4.78, 5) is 9.96. The Morgan fingerprint density at radius 3 is 1.10 bits per heavy atom. The van der Waals surface area contributed by atoms with Crippen LogP contribution in [0.25, 0.3) is 0 Å². The second-order valence-electron chi connectivity index (χ2n) is 1.37. The summed E-state index contributed by atoms with van der Waals surface area (Å²) in [5.74, 6) is 0. The molecule has 0 fully saturated rings. The monoisotopic (exact) mass is 194 g/mol. The third-order valence-electron chi connectivity index (χ3n) is 0.498. The van der Waals surface area contributed by atoms with Gasteiger partial charge in [-0.05, 0) is 0 Å². The first kappa shape index (κ1) is 9.81. The van der Waals surface area contributed by atoms with Crippen LogP contribution >= 0.6 is 0 Å². The maximum atomic E-state index is 9.96. The Bertz CT molecular complexity index is 204. The van der Waals surface area contributed by atoms with Crippen molar-refractivity contribution < 1.29 is 31.4 Å². The summed E-state index contributed by atoms with van der Waals surface area (Å²) in [7, 11) is -10.6. The standard InChI is InChI=1S/CH6O7S2/c2-1(9(3,4)5)10(6,7)8/h9-10H,(H2,3,4,5)(H2,6,7,8). The van der Waals surface area contributed by atoms with Gasteiger partial charge in [-0.3, -0.25) is 4.79 Å². The number of carbonyl (C=O) groups is 1. The second-order valence-corrected chi connectivity index (χ2v) is 4.71. The average molecular weight is 194 g/mol. The number of rotatable bonds is 0. The fourth-order valence-electron chi connectivity index (χ4n) is 0.170. The van der Waals surface area contributed by atoms with E-state index in [9.17, 15) is 13.2 Å². The Morgan fingerprint density at radius 2 is 1.10 bits per heavy atom. The lowest BCUT2D eigenvalue weighted by Crippen LogP contribution is -2.31. The van der Waals surface area contributed by atoms with Gasteiger partial charge in [0.25, 0.3) is 0 Å². The van der Waals surface area contributed by atoms with E-state index in [-0.39, 0.29) is 0 Å². The van der Waals surface area contributed by atoms with Crippen molar-refractivity contribution >= 4 is 25.4 Å². The van der Waals surface area contributed by atoms with Crippen LogP contribution in [0.15, 0.2) is 0 Å². The van der Waals surface area contributed by atoms with Crippen LogP contribution in [0, 0.1) is 0 Å². The van der Waals surface area contributed by atoms with Crippen LogP contribution in [0.2, 0.25) is 0 Å². The maximum absolute atomic E-state index is 9.96. The zero-order valence-corrected chi connectivity index (χ0v) is 6.20. The summed E-state index contributed by atoms with van der Waals surface area (Å²) in [6.45, 7) is 0. The number of carbonyl (C=O) groups excluding carboxylic acids is 1. The Balaban J connectivity index is 4.75. The van der Waals surface area contributed by atoms with Crippen molar-refractivity contribution in [2.45, 2.75) is 0 Å². The molecule has 64 valence electrons. The van der Waals surface area contributed by atoms with Gasteiger partial charge in [0.1, 0.15) is 21.0 Å². The molecule has 0 aliphatic carbocycles. The summed E-state index contributed by atoms with van der Waals surface area (Å²) >= 11 is 0. The summed E-state index contributed by atoms with van der Waals surface area (Å²) < 4.78 is 48.9. The van der Waals surface area contributed by atoms with E-state index in [4.69, 9.17) is 18.2 Å². The molecule has 0 aromatic carbocycles. The third kappa shape index (κ3) is 2.60. The molecule has 0 aromatic rings. The van der Waals surface area contributed by atoms with Gasteiger partial charge in [-0.1, -0.05) is 0 Å². The first-order valence-corrected chi connectivity index (χ1v) is 5.04. The molecule has 9 heteroatoms. The molecule has 0 spiro atoms. The molecular formula is CH6O7S2. The average Bonchev–Trinajstić information content (AvgIpc) is 1.59. The van der Waals surface area contributed by atoms with Crippen LogP contribution in [0.5, 0.6) is 0 Å². The summed E-state index contributed by atoms with van der Waals surface area (Å²) in [5, 5.41) is 0. The molecule has 0 aromatic heterocycles. The van der Waals surface area contributed by atoms with E-state index in [2.05, 4.69) is 0 Å². The van der Waals surface area contributed by atoms with Gasteiger partial charge in [-0.15, -0.1) is 0 Å². The molecule has 4 N–H and O–H groups in total. The highest BCUT2D eigenvalue weighted by atomic mass is 32.3. The van der Waals surface area contributed by atoms with Gasteiger partial charge in [0.05, 0.1) is 0 Å². The van der Waals surface area contributed by atoms with Crippen molar-refractivity contribution in [1.29, 1.82) is 0 Å². The van der Waals surface area contributed by atoms with Gasteiger partial charge >= 0.3 is 4.45 Å². The van der Waals surface area contributed by atoms with Crippen LogP contribution in [0.4, 0.5) is 4.79 Å². The molecule has 0 radical (unpaired) electrons. The topological polar surface area (TPSA) is 132 Å². The lowest BCUT2D eigenvalue weighted by Gasteiger charge is -2.12. The van der Waals surface area contributed by atoms with Crippen LogP contribution in [-0.4, -0.2) is 31.1 Å². The Kier molecular flexibility index (Phi) is 2.40. The smallest absolute Gasteiger partial charge is 0.303 e. The first-order valence-electron chi connectivity index (χ1n) is 1.82. The number of hydrogen-bond acceptors (Lipinski definition) is 3. The highest BCUT2D eigenvalue weighted by Gasteiger charge is 2.28. The minimum absolute atomic E-state index is 2.35. The van der Waals surface area contributed by atoms with Gasteiger partial charge in [0.15, 0.2) is 0 Å². The highest BCUT2D eigenvalue weighted by molar-refractivity contribution is 8.32. The summed E-state index contributed by atoms with van der Waals surface area (Å²) in [6, 6.07) is 0. The molecule has 0 unspecified atom stereocenters. The molecular weight excluding hydrogens is 188 g/mol. The van der Waals surface area contributed by atoms with E-state index in [0.29, 0.717) is 0 Å². The van der Waals surface area contributed by atoms with E-state index in [1.807, 2.05) is 0 Å². The van der Waals surface area contributed by atoms with E-state index in [0.717, 1.165) is 0 Å². The third-order valence-corrected chi connectivity index (χ3v) is 3.06. The highest BCUT2D eigenvalue weighted by Crippen LogP contribution is 2.06. The number of hydrogen-bond donors (Lipinski definition) is 6. The van der Waals surface area contributed by atoms with Crippen LogP contribution in [0.1, 0.15) is 0 Å². The SMILES string of the molecule is O=C([SH](=O)(O)O)[SH](=O)(O)O. The zero-order chi connectivity index (χ0) is 8.58. The molecule has 0 saturated heterocycles. The molecule has 10 heavy (non-hydrogen) atoms. The number of thiol groups is 2. The van der Waals surface area contributed by atoms with Gasteiger partial charge < -0.3 is 18.2 Å². The predicted molar refractivity (Wildman–Crippen MR) is 35.0 cm³/mol. The van der Waals surface area contributed by atoms with Crippen molar-refractivity contribution in [3.05, 3.63) is 0 Å². The van der Waals surface area contributed by atoms with Crippen molar-refractivity contribution in [3.63, 3.8) is 0 Å². The van der Waals surface area contributed by atoms with E-state index in [1.54, 1.807) is 0 Å². The maximum Gasteiger partial charge on any atom is 0.347 e. The molecule has 0 bridgehead atoms. The zero-order valence-electron chi connectivity index (χ0n) is 4.41. The predicted octanol–water partition coefficient (Wildman–Crippen LogP) is -0.968. The van der Waals surface area contributed by atoms with Gasteiger partial charge in [0.2, 0.25) is 0 Å². The minimum Gasteiger partial charge on any atom is -0.303 e. The van der Waals surface area contributed by atoms with Crippen molar-refractivity contribution in [3.8, 4) is 0 Å². The fraction of sp³-hybridized carbons (Fsp3) is 0. The van der Waals surface area contributed by atoms with Crippen molar-refractivity contribution in [1.82, 2.24) is 0 Å². The lowest BCUT2D eigenvalue weighted by atomic mass is 11.8. The van der Waals surface area contributed by atoms with Gasteiger partial charge in [-0.2, -0.15) is 0 Å². The molecule has 0 aliphatic heterocycles. The van der Waals surface area contributed by atoms with Crippen LogP contribution in [0.3, 0.4) is 0 Å². The molecule has 0 rings (SSSR count). The summed E-state index contributed by atoms with van der Waals surface area (Å²) in [6.07, 6.45) is 0. The van der Waals surface area contributed by atoms with Gasteiger partial charge in [-0.25, -0.2) is 8.42 Å². The van der Waals surface area contributed by atoms with E-state index in [1.165, 1.54) is 0 Å². The lowest BCUT2D eigenvalue weighted by molar-refractivity contribution is 0.262. The normalized spacial score (nSPS) is 16.4. The van der Waals surface area contributed by atoms with Crippen LogP contribution < -0.4 is 0 Å². The molecule has 0 amide bonds.